The predicted molar refractivity (Wildman–Crippen MR) is 17.0 cm³/mol. The van der Waals surface area contributed by atoms with E-state index in [4.69, 9.17) is 4.79 Å². The molecule has 0 unspecified atom stereocenters. The maximum atomic E-state index is 10.8. The van der Waals surface area contributed by atoms with Crippen LogP contribution in [0, 0.1) is 0 Å². The summed E-state index contributed by atoms with van der Waals surface area (Å²) in [5, 5.41) is 0. The Morgan fingerprint density at radius 1 is 1.83 bits per heavy atom. The first-order valence-electron chi connectivity index (χ1n) is 1.35. The summed E-state index contributed by atoms with van der Waals surface area (Å²) in [6.45, 7) is -1.18. The Morgan fingerprint density at radius 3 is 2.33 bits per heavy atom. The second kappa shape index (κ2) is 2.50. The van der Waals surface area contributed by atoms with E-state index in [1.54, 1.807) is 0 Å². The predicted octanol–water partition coefficient (Wildman–Crippen LogP) is -0.276. The molecule has 3 heteroatoms. The van der Waals surface area contributed by atoms with Gasteiger partial charge in [-0.25, -0.2) is 4.39 Å². The third kappa shape index (κ3) is 1.58. The maximum Gasteiger partial charge on any atom is 0.226 e. The minimum atomic E-state index is -1.18. The molecule has 0 heterocycles. The summed E-state index contributed by atoms with van der Waals surface area (Å²) in [5.41, 5.74) is 0. The van der Waals surface area contributed by atoms with Crippen molar-refractivity contribution in [3.8, 4) is 0 Å². The Hall–Kier alpha value is -0.730. The molecule has 0 fully saturated rings. The van der Waals surface area contributed by atoms with E-state index in [2.05, 4.69) is 0 Å². The number of hydrogen-bond donors (Lipinski definition) is 0. The van der Waals surface area contributed by atoms with Gasteiger partial charge in [0, 0.05) is 0 Å². The van der Waals surface area contributed by atoms with Gasteiger partial charge < -0.3 is 0 Å². The number of carbonyl (C=O) groups is 2. The number of alkyl halides is 1. The van der Waals surface area contributed by atoms with Crippen LogP contribution in [0.5, 0.6) is 0 Å². The molecule has 2 nitrogen and oxygen atoms in total. The first kappa shape index (κ1) is 5.27. The average molecular weight is 90.1 g/mol. The zero-order valence-corrected chi connectivity index (χ0v) is 2.98. The van der Waals surface area contributed by atoms with Gasteiger partial charge in [-0.05, 0) is 0 Å². The number of carbonyl (C=O) groups excluding carboxylic acids is 2. The summed E-state index contributed by atoms with van der Waals surface area (Å²) in [6, 6.07) is 0. The SMILES string of the molecule is O=CC(=O)CF. The molecule has 34 valence electrons. The molecule has 0 atom stereocenters. The van der Waals surface area contributed by atoms with E-state index in [0.29, 0.717) is 0 Å². The van der Waals surface area contributed by atoms with E-state index >= 15 is 0 Å². The maximum absolute atomic E-state index is 10.8. The minimum absolute atomic E-state index is 0.0417. The second-order valence-electron chi connectivity index (χ2n) is 0.718. The normalized spacial score (nSPS) is 7.50. The van der Waals surface area contributed by atoms with Crippen LogP contribution in [0.3, 0.4) is 0 Å². The highest BCUT2D eigenvalue weighted by Crippen LogP contribution is 1.63. The lowest BCUT2D eigenvalue weighted by atomic mass is 10.5. The molecule has 0 aliphatic carbocycles. The van der Waals surface area contributed by atoms with Crippen LogP contribution in [-0.4, -0.2) is 18.7 Å². The average Bonchev–Trinajstić information content (AvgIpc) is 1.65. The Bertz CT molecular complexity index is 69.2. The standard InChI is InChI=1S/C3H3FO2/c4-1-3(6)2-5/h2H,1H2. The van der Waals surface area contributed by atoms with Crippen molar-refractivity contribution in [2.75, 3.05) is 6.67 Å². The summed E-state index contributed by atoms with van der Waals surface area (Å²) >= 11 is 0. The highest BCUT2D eigenvalue weighted by Gasteiger charge is 1.91. The fourth-order valence-corrected chi connectivity index (χ4v) is 0.0315. The van der Waals surface area contributed by atoms with Gasteiger partial charge in [-0.2, -0.15) is 0 Å². The van der Waals surface area contributed by atoms with Crippen LogP contribution in [0.2, 0.25) is 0 Å². The van der Waals surface area contributed by atoms with E-state index in [1.807, 2.05) is 0 Å². The molecule has 0 aliphatic rings. The quantitative estimate of drug-likeness (QED) is 0.345. The van der Waals surface area contributed by atoms with Gasteiger partial charge in [0.15, 0.2) is 13.0 Å². The third-order valence-corrected chi connectivity index (χ3v) is 0.263. The smallest absolute Gasteiger partial charge is 0.226 e. The Morgan fingerprint density at radius 2 is 2.33 bits per heavy atom. The molecule has 0 aromatic heterocycles. The topological polar surface area (TPSA) is 34.1 Å². The molecule has 0 aromatic carbocycles. The van der Waals surface area contributed by atoms with E-state index in [-0.39, 0.29) is 6.29 Å². The summed E-state index contributed by atoms with van der Waals surface area (Å²) < 4.78 is 10.8. The number of halogens is 1. The molecule has 0 bridgehead atoms. The number of ketones is 1. The first-order valence-corrected chi connectivity index (χ1v) is 1.35. The van der Waals surface area contributed by atoms with Crippen LogP contribution < -0.4 is 0 Å². The molecule has 0 N–H and O–H groups in total. The largest absolute Gasteiger partial charge is 0.294 e. The van der Waals surface area contributed by atoms with Crippen LogP contribution in [0.25, 0.3) is 0 Å². The molecule has 0 aliphatic heterocycles. The van der Waals surface area contributed by atoms with Crippen molar-refractivity contribution >= 4 is 12.1 Å². The fourth-order valence-electron chi connectivity index (χ4n) is 0.0315. The third-order valence-electron chi connectivity index (χ3n) is 0.263. The van der Waals surface area contributed by atoms with Gasteiger partial charge in [0.05, 0.1) is 0 Å². The second-order valence-corrected chi connectivity index (χ2v) is 0.718. The molecule has 0 aromatic rings. The van der Waals surface area contributed by atoms with E-state index in [9.17, 15) is 9.18 Å². The lowest BCUT2D eigenvalue weighted by molar-refractivity contribution is -0.130. The lowest BCUT2D eigenvalue weighted by Crippen LogP contribution is -1.98. The van der Waals surface area contributed by atoms with Gasteiger partial charge in [0.1, 0.15) is 0 Å². The number of aldehydes is 1. The highest BCUT2D eigenvalue weighted by atomic mass is 19.1. The van der Waals surface area contributed by atoms with E-state index < -0.39 is 12.5 Å². The van der Waals surface area contributed by atoms with Crippen molar-refractivity contribution in [2.24, 2.45) is 0 Å². The van der Waals surface area contributed by atoms with Gasteiger partial charge in [-0.1, -0.05) is 0 Å². The Kier molecular flexibility index (Phi) is 2.20. The van der Waals surface area contributed by atoms with Crippen LogP contribution in [0.15, 0.2) is 0 Å². The Balaban J connectivity index is 3.23. The van der Waals surface area contributed by atoms with Crippen molar-refractivity contribution < 1.29 is 14.0 Å². The molecule has 0 amide bonds. The summed E-state index contributed by atoms with van der Waals surface area (Å²) in [4.78, 5) is 18.6. The van der Waals surface area contributed by atoms with Crippen molar-refractivity contribution in [1.29, 1.82) is 0 Å². The molecule has 6 heavy (non-hydrogen) atoms. The van der Waals surface area contributed by atoms with Gasteiger partial charge >= 0.3 is 0 Å². The minimum Gasteiger partial charge on any atom is -0.294 e. The molecule has 0 saturated heterocycles. The molecule has 0 spiro atoms. The van der Waals surface area contributed by atoms with Crippen molar-refractivity contribution in [3.05, 3.63) is 0 Å². The lowest BCUT2D eigenvalue weighted by Gasteiger charge is -1.68. The molecular weight excluding hydrogens is 87.0 g/mol. The highest BCUT2D eigenvalue weighted by molar-refractivity contribution is 6.25. The van der Waals surface area contributed by atoms with Crippen molar-refractivity contribution in [1.82, 2.24) is 0 Å². The zero-order chi connectivity index (χ0) is 4.99. The van der Waals surface area contributed by atoms with Crippen molar-refractivity contribution in [2.45, 2.75) is 0 Å². The number of hydrogen-bond acceptors (Lipinski definition) is 2. The summed E-state index contributed by atoms with van der Waals surface area (Å²) in [5.74, 6) is -1.00. The van der Waals surface area contributed by atoms with Crippen LogP contribution in [-0.2, 0) is 9.59 Å². The Labute approximate surface area is 34.0 Å². The zero-order valence-electron chi connectivity index (χ0n) is 2.98. The van der Waals surface area contributed by atoms with E-state index in [1.165, 1.54) is 0 Å². The molecular formula is C3H3FO2. The molecule has 0 radical (unpaired) electrons. The molecule has 0 rings (SSSR count). The number of Topliss-reactive ketones (excluding diaryl/α,β-unsaturated/α-hetero) is 1. The molecule has 0 saturated carbocycles. The fraction of sp³-hybridized carbons (Fsp3) is 0.333. The van der Waals surface area contributed by atoms with Gasteiger partial charge in [0.2, 0.25) is 5.78 Å². The van der Waals surface area contributed by atoms with Gasteiger partial charge in [-0.3, -0.25) is 9.59 Å². The van der Waals surface area contributed by atoms with Gasteiger partial charge in [-0.15, -0.1) is 0 Å². The van der Waals surface area contributed by atoms with E-state index in [0.717, 1.165) is 0 Å². The van der Waals surface area contributed by atoms with Crippen LogP contribution >= 0.6 is 0 Å². The summed E-state index contributed by atoms with van der Waals surface area (Å²) in [7, 11) is 0. The number of rotatable bonds is 2. The van der Waals surface area contributed by atoms with Gasteiger partial charge in [0.25, 0.3) is 0 Å². The van der Waals surface area contributed by atoms with Crippen LogP contribution in [0.1, 0.15) is 0 Å². The van der Waals surface area contributed by atoms with Crippen molar-refractivity contribution in [3.63, 3.8) is 0 Å². The first-order chi connectivity index (χ1) is 2.81. The summed E-state index contributed by atoms with van der Waals surface area (Å²) in [6.07, 6.45) is -0.0417. The van der Waals surface area contributed by atoms with Crippen LogP contribution in [0.4, 0.5) is 4.39 Å². The monoisotopic (exact) mass is 90.0 g/mol.